The van der Waals surface area contributed by atoms with Gasteiger partial charge >= 0.3 is 11.9 Å². The van der Waals surface area contributed by atoms with Crippen molar-refractivity contribution >= 4 is 39.5 Å². The molecular formula is C16H21BrClNO6. The van der Waals surface area contributed by atoms with E-state index in [1.54, 1.807) is 0 Å². The molecule has 1 heterocycles. The highest BCUT2D eigenvalue weighted by molar-refractivity contribution is 9.10. The van der Waals surface area contributed by atoms with Crippen LogP contribution in [0, 0.1) is 0 Å². The quantitative estimate of drug-likeness (QED) is 0.698. The number of aliphatic carboxylic acids is 2. The van der Waals surface area contributed by atoms with E-state index in [2.05, 4.69) is 34.7 Å². The molecule has 2 unspecified atom stereocenters. The predicted octanol–water partition coefficient (Wildman–Crippen LogP) is 2.75. The second-order valence-electron chi connectivity index (χ2n) is 5.55. The van der Waals surface area contributed by atoms with E-state index in [-0.39, 0.29) is 0 Å². The number of ether oxygens (including phenoxy) is 2. The van der Waals surface area contributed by atoms with Crippen LogP contribution in [0.25, 0.3) is 0 Å². The van der Waals surface area contributed by atoms with Crippen LogP contribution < -0.4 is 4.74 Å². The molecule has 0 aromatic heterocycles. The molecular weight excluding hydrogens is 418 g/mol. The van der Waals surface area contributed by atoms with Crippen LogP contribution in [-0.4, -0.2) is 65.5 Å². The molecule has 0 aliphatic carbocycles. The summed E-state index contributed by atoms with van der Waals surface area (Å²) >= 11 is 9.49. The minimum atomic E-state index is -1.82. The Labute approximate surface area is 159 Å². The number of morpholine rings is 1. The average molecular weight is 439 g/mol. The predicted molar refractivity (Wildman–Crippen MR) is 96.4 cm³/mol. The number of halogens is 2. The maximum Gasteiger partial charge on any atom is 0.414 e. The van der Waals surface area contributed by atoms with Crippen LogP contribution >= 0.6 is 27.5 Å². The fourth-order valence-corrected chi connectivity index (χ4v) is 3.07. The van der Waals surface area contributed by atoms with Crippen molar-refractivity contribution in [2.45, 2.75) is 26.1 Å². The lowest BCUT2D eigenvalue weighted by molar-refractivity contribution is -0.159. The van der Waals surface area contributed by atoms with Crippen molar-refractivity contribution in [2.75, 3.05) is 26.2 Å². The van der Waals surface area contributed by atoms with Gasteiger partial charge in [0.1, 0.15) is 12.4 Å². The third kappa shape index (κ3) is 8.53. The van der Waals surface area contributed by atoms with Gasteiger partial charge in [-0.2, -0.15) is 0 Å². The van der Waals surface area contributed by atoms with Gasteiger partial charge in [-0.05, 0) is 32.0 Å². The van der Waals surface area contributed by atoms with E-state index in [1.165, 1.54) is 0 Å². The number of nitrogens with zero attached hydrogens (tertiary/aromatic N) is 1. The van der Waals surface area contributed by atoms with Crippen molar-refractivity contribution in [1.29, 1.82) is 0 Å². The van der Waals surface area contributed by atoms with E-state index in [0.717, 1.165) is 29.9 Å². The lowest BCUT2D eigenvalue weighted by Gasteiger charge is -2.35. The van der Waals surface area contributed by atoms with Gasteiger partial charge in [0.25, 0.3) is 0 Å². The second kappa shape index (κ2) is 10.6. The summed E-state index contributed by atoms with van der Waals surface area (Å²) in [4.78, 5) is 20.6. The second-order valence-corrected chi connectivity index (χ2v) is 6.87. The van der Waals surface area contributed by atoms with E-state index in [0.29, 0.717) is 23.8 Å². The highest BCUT2D eigenvalue weighted by Crippen LogP contribution is 2.27. The van der Waals surface area contributed by atoms with Crippen LogP contribution in [0.5, 0.6) is 5.75 Å². The normalized spacial score (nSPS) is 20.3. The summed E-state index contributed by atoms with van der Waals surface area (Å²) in [6.07, 6.45) is 0.583. The van der Waals surface area contributed by atoms with E-state index < -0.39 is 11.9 Å². The molecule has 25 heavy (non-hydrogen) atoms. The van der Waals surface area contributed by atoms with Gasteiger partial charge in [0, 0.05) is 24.1 Å². The first kappa shape index (κ1) is 21.7. The number of carboxylic acid groups (broad SMARTS) is 2. The van der Waals surface area contributed by atoms with Crippen molar-refractivity contribution in [1.82, 2.24) is 4.90 Å². The summed E-state index contributed by atoms with van der Waals surface area (Å²) in [6.45, 7) is 7.67. The van der Waals surface area contributed by atoms with Gasteiger partial charge in [0.2, 0.25) is 0 Å². The number of rotatable bonds is 4. The zero-order valence-corrected chi connectivity index (χ0v) is 16.3. The molecule has 1 fully saturated rings. The average Bonchev–Trinajstić information content (AvgIpc) is 2.49. The SMILES string of the molecule is CC1CN(CCOc2ccc(Br)cc2Cl)CC(C)O1.O=C(O)C(=O)O. The van der Waals surface area contributed by atoms with Crippen LogP contribution in [0.4, 0.5) is 0 Å². The summed E-state index contributed by atoms with van der Waals surface area (Å²) < 4.78 is 12.4. The van der Waals surface area contributed by atoms with Crippen LogP contribution in [0.2, 0.25) is 5.02 Å². The molecule has 1 aromatic rings. The molecule has 7 nitrogen and oxygen atoms in total. The molecule has 1 aromatic carbocycles. The van der Waals surface area contributed by atoms with Gasteiger partial charge in [0.05, 0.1) is 17.2 Å². The van der Waals surface area contributed by atoms with Gasteiger partial charge < -0.3 is 19.7 Å². The van der Waals surface area contributed by atoms with Crippen LogP contribution in [0.3, 0.4) is 0 Å². The zero-order valence-electron chi connectivity index (χ0n) is 13.9. The van der Waals surface area contributed by atoms with Crippen molar-refractivity contribution in [3.05, 3.63) is 27.7 Å². The highest BCUT2D eigenvalue weighted by atomic mass is 79.9. The maximum absolute atomic E-state index is 9.10. The molecule has 1 saturated heterocycles. The molecule has 2 rings (SSSR count). The van der Waals surface area contributed by atoms with Gasteiger partial charge in [-0.15, -0.1) is 0 Å². The van der Waals surface area contributed by atoms with E-state index in [4.69, 9.17) is 40.9 Å². The fourth-order valence-electron chi connectivity index (χ4n) is 2.34. The Morgan fingerprint density at radius 1 is 1.28 bits per heavy atom. The lowest BCUT2D eigenvalue weighted by atomic mass is 10.2. The Balaban J connectivity index is 0.000000450. The minimum Gasteiger partial charge on any atom is -0.491 e. The number of carbonyl (C=O) groups is 2. The molecule has 0 bridgehead atoms. The molecule has 1 aliphatic heterocycles. The van der Waals surface area contributed by atoms with Crippen molar-refractivity contribution < 1.29 is 29.3 Å². The van der Waals surface area contributed by atoms with Crippen molar-refractivity contribution in [3.8, 4) is 5.75 Å². The molecule has 2 N–H and O–H groups in total. The monoisotopic (exact) mass is 437 g/mol. The summed E-state index contributed by atoms with van der Waals surface area (Å²) in [5.41, 5.74) is 0. The molecule has 0 radical (unpaired) electrons. The van der Waals surface area contributed by atoms with Crippen molar-refractivity contribution in [2.24, 2.45) is 0 Å². The summed E-state index contributed by atoms with van der Waals surface area (Å²) in [5, 5.41) is 15.4. The first-order valence-corrected chi connectivity index (χ1v) is 8.78. The van der Waals surface area contributed by atoms with Crippen LogP contribution in [-0.2, 0) is 14.3 Å². The van der Waals surface area contributed by atoms with Crippen LogP contribution in [0.1, 0.15) is 13.8 Å². The summed E-state index contributed by atoms with van der Waals surface area (Å²) in [6, 6.07) is 5.66. The molecule has 0 saturated carbocycles. The molecule has 1 aliphatic rings. The van der Waals surface area contributed by atoms with E-state index >= 15 is 0 Å². The lowest BCUT2D eigenvalue weighted by Crippen LogP contribution is -2.46. The summed E-state index contributed by atoms with van der Waals surface area (Å²) in [7, 11) is 0. The Hall–Kier alpha value is -1.35. The topological polar surface area (TPSA) is 96.3 Å². The zero-order chi connectivity index (χ0) is 19.0. The first-order chi connectivity index (χ1) is 11.7. The number of carboxylic acids is 2. The molecule has 0 amide bonds. The fraction of sp³-hybridized carbons (Fsp3) is 0.500. The molecule has 2 atom stereocenters. The number of hydrogen-bond acceptors (Lipinski definition) is 5. The highest BCUT2D eigenvalue weighted by Gasteiger charge is 2.21. The Morgan fingerprint density at radius 3 is 2.32 bits per heavy atom. The first-order valence-electron chi connectivity index (χ1n) is 7.61. The van der Waals surface area contributed by atoms with Crippen LogP contribution in [0.15, 0.2) is 22.7 Å². The van der Waals surface area contributed by atoms with E-state index in [1.807, 2.05) is 18.2 Å². The molecule has 140 valence electrons. The Kier molecular flexibility index (Phi) is 9.20. The third-order valence-corrected chi connectivity index (χ3v) is 4.03. The number of benzene rings is 1. The van der Waals surface area contributed by atoms with Gasteiger partial charge in [-0.3, -0.25) is 4.90 Å². The maximum atomic E-state index is 9.10. The van der Waals surface area contributed by atoms with Gasteiger partial charge in [-0.1, -0.05) is 27.5 Å². The third-order valence-electron chi connectivity index (χ3n) is 3.24. The van der Waals surface area contributed by atoms with Gasteiger partial charge in [0.15, 0.2) is 0 Å². The summed E-state index contributed by atoms with van der Waals surface area (Å²) in [5.74, 6) is -2.91. The Morgan fingerprint density at radius 2 is 1.84 bits per heavy atom. The standard InChI is InChI=1S/C14H19BrClNO2.C2H2O4/c1-10-8-17(9-11(2)19-10)5-6-18-14-4-3-12(15)7-13(14)16;3-1(4)2(5)6/h3-4,7,10-11H,5-6,8-9H2,1-2H3;(H,3,4)(H,5,6). The molecule has 9 heteroatoms. The Bertz CT molecular complexity index is 578. The van der Waals surface area contributed by atoms with Gasteiger partial charge in [-0.25, -0.2) is 9.59 Å². The smallest absolute Gasteiger partial charge is 0.414 e. The molecule has 0 spiro atoms. The number of hydrogen-bond donors (Lipinski definition) is 2. The minimum absolute atomic E-state index is 0.292. The van der Waals surface area contributed by atoms with Crippen molar-refractivity contribution in [3.63, 3.8) is 0 Å². The van der Waals surface area contributed by atoms with E-state index in [9.17, 15) is 0 Å². The largest absolute Gasteiger partial charge is 0.491 e.